The maximum absolute atomic E-state index is 11.0. The third-order valence-corrected chi connectivity index (χ3v) is 2.88. The minimum Gasteiger partial charge on any atom is -1.00 e. The molecule has 14 heavy (non-hydrogen) atoms. The maximum atomic E-state index is 11.0. The molecule has 1 N–H and O–H groups in total. The summed E-state index contributed by atoms with van der Waals surface area (Å²) in [5.74, 6) is 0.671. The fourth-order valence-corrected chi connectivity index (χ4v) is 1.69. The van der Waals surface area contributed by atoms with Crippen molar-refractivity contribution in [3.63, 3.8) is 0 Å². The standard InChI is InChI=1S/C8H10O3S2.K.H/c1-2-11-7-3-5-8(6-4-7)13(9,10)12;;/h3-6H,2H2,1H3,(H,9,10,12);;/q;+1;-1. The van der Waals surface area contributed by atoms with E-state index in [0.29, 0.717) is 12.4 Å². The number of benzene rings is 1. The summed E-state index contributed by atoms with van der Waals surface area (Å²) < 4.78 is 25.2. The molecule has 0 aliphatic rings. The summed E-state index contributed by atoms with van der Waals surface area (Å²) in [6, 6.07) is 6.25. The van der Waals surface area contributed by atoms with Gasteiger partial charge in [-0.15, -0.1) is 0 Å². The minimum absolute atomic E-state index is 0. The number of hydrogen-bond acceptors (Lipinski definition) is 3. The summed E-state index contributed by atoms with van der Waals surface area (Å²) in [5.41, 5.74) is 0. The first kappa shape index (κ1) is 15.0. The Morgan fingerprint density at radius 1 is 1.50 bits per heavy atom. The van der Waals surface area contributed by atoms with Gasteiger partial charge in [0.15, 0.2) is 8.77 Å². The summed E-state index contributed by atoms with van der Waals surface area (Å²) in [6.07, 6.45) is 0. The second-order valence-electron chi connectivity index (χ2n) is 2.38. The Kier molecular flexibility index (Phi) is 7.00. The van der Waals surface area contributed by atoms with Crippen LogP contribution in [0, 0.1) is 0 Å². The van der Waals surface area contributed by atoms with Crippen molar-refractivity contribution in [1.29, 1.82) is 0 Å². The molecule has 1 atom stereocenters. The monoisotopic (exact) mass is 258 g/mol. The van der Waals surface area contributed by atoms with E-state index in [2.05, 4.69) is 11.2 Å². The molecule has 0 radical (unpaired) electrons. The first-order valence-corrected chi connectivity index (χ1v) is 6.18. The molecule has 0 aromatic heterocycles. The summed E-state index contributed by atoms with van der Waals surface area (Å²) in [7, 11) is -3.26. The Bertz CT molecular complexity index is 377. The van der Waals surface area contributed by atoms with Crippen molar-refractivity contribution in [2.45, 2.75) is 11.8 Å². The zero-order valence-electron chi connectivity index (χ0n) is 9.10. The average Bonchev–Trinajstić information content (AvgIpc) is 2.04. The normalized spacial score (nSPS) is 13.9. The van der Waals surface area contributed by atoms with Gasteiger partial charge in [-0.3, -0.25) is 0 Å². The molecule has 1 rings (SSSR count). The molecule has 0 aliphatic heterocycles. The molecule has 0 aliphatic carbocycles. The molecular weight excluding hydrogens is 247 g/mol. The number of hydrogen-bond donors (Lipinski definition) is 1. The molecule has 0 saturated heterocycles. The van der Waals surface area contributed by atoms with E-state index in [1.807, 2.05) is 6.92 Å². The number of rotatable bonds is 3. The third kappa shape index (κ3) is 4.67. The van der Waals surface area contributed by atoms with E-state index in [1.54, 1.807) is 12.1 Å². The predicted octanol–water partition coefficient (Wildman–Crippen LogP) is -1.22. The van der Waals surface area contributed by atoms with E-state index in [1.165, 1.54) is 12.1 Å². The summed E-state index contributed by atoms with van der Waals surface area (Å²) in [4.78, 5) is 0.242. The summed E-state index contributed by atoms with van der Waals surface area (Å²) in [6.45, 7) is 2.44. The third-order valence-electron chi connectivity index (χ3n) is 1.43. The van der Waals surface area contributed by atoms with Crippen molar-refractivity contribution in [1.82, 2.24) is 0 Å². The first-order valence-electron chi connectivity index (χ1n) is 3.74. The van der Waals surface area contributed by atoms with Crippen molar-refractivity contribution < 1.29 is 66.3 Å². The van der Waals surface area contributed by atoms with Crippen molar-refractivity contribution in [3.8, 4) is 5.75 Å². The SMILES string of the molecule is CCOc1ccc(S(=O)(O)=S)cc1.[H-].[K+]. The largest absolute Gasteiger partial charge is 1.00 e. The van der Waals surface area contributed by atoms with E-state index in [0.717, 1.165) is 0 Å². The Hall–Kier alpha value is 0.986. The van der Waals surface area contributed by atoms with E-state index in [4.69, 9.17) is 9.29 Å². The van der Waals surface area contributed by atoms with Crippen LogP contribution in [0.3, 0.4) is 0 Å². The summed E-state index contributed by atoms with van der Waals surface area (Å²) in [5, 5.41) is 0. The van der Waals surface area contributed by atoms with Gasteiger partial charge in [-0.25, -0.2) is 4.21 Å². The zero-order valence-corrected chi connectivity index (χ0v) is 12.9. The Labute approximate surface area is 133 Å². The Morgan fingerprint density at radius 3 is 2.36 bits per heavy atom. The van der Waals surface area contributed by atoms with Gasteiger partial charge in [-0.05, 0) is 31.2 Å². The molecule has 0 fully saturated rings. The van der Waals surface area contributed by atoms with E-state index in [9.17, 15) is 4.21 Å². The fraction of sp³-hybridized carbons (Fsp3) is 0.250. The van der Waals surface area contributed by atoms with Crippen molar-refractivity contribution >= 4 is 20.0 Å². The molecule has 0 bridgehead atoms. The molecule has 0 amide bonds. The van der Waals surface area contributed by atoms with Gasteiger partial charge in [0.2, 0.25) is 0 Å². The number of ether oxygens (including phenoxy) is 1. The van der Waals surface area contributed by atoms with Gasteiger partial charge in [-0.1, -0.05) is 0 Å². The Balaban J connectivity index is 0. The topological polar surface area (TPSA) is 46.5 Å². The second-order valence-corrected chi connectivity index (χ2v) is 5.16. The zero-order chi connectivity index (χ0) is 9.90. The van der Waals surface area contributed by atoms with Crippen LogP contribution in [0.25, 0.3) is 0 Å². The van der Waals surface area contributed by atoms with Gasteiger partial charge in [0.05, 0.1) is 11.5 Å². The smallest absolute Gasteiger partial charge is 1.00 e. The quantitative estimate of drug-likeness (QED) is 0.691. The average molecular weight is 258 g/mol. The minimum atomic E-state index is -3.26. The molecule has 74 valence electrons. The molecule has 0 saturated carbocycles. The van der Waals surface area contributed by atoms with Gasteiger partial charge < -0.3 is 10.7 Å². The van der Waals surface area contributed by atoms with Gasteiger partial charge in [0.25, 0.3) is 0 Å². The van der Waals surface area contributed by atoms with Crippen LogP contribution in [0.5, 0.6) is 5.75 Å². The second kappa shape index (κ2) is 6.54. The van der Waals surface area contributed by atoms with Crippen LogP contribution in [0.4, 0.5) is 0 Å². The fourth-order valence-electron chi connectivity index (χ4n) is 0.875. The molecule has 1 unspecified atom stereocenters. The van der Waals surface area contributed by atoms with E-state index < -0.39 is 8.77 Å². The Morgan fingerprint density at radius 2 is 2.00 bits per heavy atom. The van der Waals surface area contributed by atoms with Crippen LogP contribution < -0.4 is 56.1 Å². The van der Waals surface area contributed by atoms with Gasteiger partial charge >= 0.3 is 51.4 Å². The summed E-state index contributed by atoms with van der Waals surface area (Å²) >= 11 is 4.40. The molecule has 6 heteroatoms. The first-order chi connectivity index (χ1) is 6.04. The molecule has 1 aromatic rings. The van der Waals surface area contributed by atoms with Gasteiger partial charge in [0.1, 0.15) is 5.75 Å². The van der Waals surface area contributed by atoms with Crippen molar-refractivity contribution in [3.05, 3.63) is 24.3 Å². The van der Waals surface area contributed by atoms with Crippen LogP contribution >= 0.6 is 0 Å². The van der Waals surface area contributed by atoms with Gasteiger partial charge in [-0.2, -0.15) is 0 Å². The van der Waals surface area contributed by atoms with Crippen LogP contribution in [0.15, 0.2) is 29.2 Å². The van der Waals surface area contributed by atoms with Crippen molar-refractivity contribution in [2.75, 3.05) is 6.61 Å². The van der Waals surface area contributed by atoms with Crippen LogP contribution in [0.1, 0.15) is 8.35 Å². The maximum Gasteiger partial charge on any atom is 1.00 e. The van der Waals surface area contributed by atoms with E-state index >= 15 is 0 Å². The van der Waals surface area contributed by atoms with Crippen LogP contribution in [-0.2, 0) is 20.0 Å². The van der Waals surface area contributed by atoms with Gasteiger partial charge in [0, 0.05) is 11.2 Å². The predicted molar refractivity (Wildman–Crippen MR) is 55.1 cm³/mol. The molecule has 0 spiro atoms. The molecule has 3 nitrogen and oxygen atoms in total. The van der Waals surface area contributed by atoms with Crippen molar-refractivity contribution in [2.24, 2.45) is 0 Å². The van der Waals surface area contributed by atoms with Crippen LogP contribution in [0.2, 0.25) is 0 Å². The van der Waals surface area contributed by atoms with E-state index in [-0.39, 0.29) is 57.7 Å². The molecular formula is C8H11KO3S2. The molecule has 1 aromatic carbocycles. The molecule has 0 heterocycles. The van der Waals surface area contributed by atoms with Crippen LogP contribution in [-0.4, -0.2) is 15.4 Å².